The van der Waals surface area contributed by atoms with E-state index in [0.717, 1.165) is 11.3 Å². The van der Waals surface area contributed by atoms with Gasteiger partial charge in [0.1, 0.15) is 0 Å². The molecule has 2 aliphatic rings. The second-order valence-corrected chi connectivity index (χ2v) is 6.87. The first-order valence-electron chi connectivity index (χ1n) is 7.58. The lowest BCUT2D eigenvalue weighted by Crippen LogP contribution is -2.21. The van der Waals surface area contributed by atoms with Gasteiger partial charge >= 0.3 is 0 Å². The topological polar surface area (TPSA) is 85.1 Å². The highest BCUT2D eigenvalue weighted by Crippen LogP contribution is 2.65. The number of amides is 1. The number of hydrogen-bond donors (Lipinski definition) is 1. The number of carbonyl (C=O) groups excluding carboxylic acids is 1. The van der Waals surface area contributed by atoms with E-state index in [1.165, 1.54) is 6.20 Å². The van der Waals surface area contributed by atoms with Gasteiger partial charge in [0.25, 0.3) is 5.69 Å². The van der Waals surface area contributed by atoms with Crippen molar-refractivity contribution < 1.29 is 9.72 Å². The van der Waals surface area contributed by atoms with Gasteiger partial charge < -0.3 is 5.32 Å². The van der Waals surface area contributed by atoms with E-state index >= 15 is 0 Å². The number of aromatic nitrogens is 1. The molecule has 4 rings (SSSR count). The Morgan fingerprint density at radius 2 is 2.17 bits per heavy atom. The molecule has 1 aromatic heterocycles. The van der Waals surface area contributed by atoms with Gasteiger partial charge in [-0.1, -0.05) is 11.6 Å². The molecule has 1 aromatic carbocycles. The lowest BCUT2D eigenvalue weighted by molar-refractivity contribution is -0.386. The van der Waals surface area contributed by atoms with Crippen molar-refractivity contribution in [1.29, 1.82) is 0 Å². The fraction of sp³-hybridized carbons (Fsp3) is 0.294. The van der Waals surface area contributed by atoms with E-state index in [0.29, 0.717) is 28.3 Å². The van der Waals surface area contributed by atoms with Crippen molar-refractivity contribution in [3.8, 4) is 0 Å². The van der Waals surface area contributed by atoms with Crippen molar-refractivity contribution in [1.82, 2.24) is 4.98 Å². The molecule has 1 fully saturated rings. The summed E-state index contributed by atoms with van der Waals surface area (Å²) in [7, 11) is 0. The molecule has 1 spiro atoms. The Kier molecular flexibility index (Phi) is 3.00. The lowest BCUT2D eigenvalue weighted by atomic mass is 9.92. The zero-order valence-corrected chi connectivity index (χ0v) is 13.8. The molecular formula is C17H14ClN3O3. The molecule has 2 aromatic rings. The smallest absolute Gasteiger partial charge is 0.278 e. The van der Waals surface area contributed by atoms with E-state index in [9.17, 15) is 14.9 Å². The average Bonchev–Trinajstić information content (AvgIpc) is 3.18. The summed E-state index contributed by atoms with van der Waals surface area (Å²) >= 11 is 6.09. The van der Waals surface area contributed by atoms with Crippen LogP contribution in [0.25, 0.3) is 0 Å². The molecular weight excluding hydrogens is 330 g/mol. The highest BCUT2D eigenvalue weighted by Gasteiger charge is 2.66. The van der Waals surface area contributed by atoms with Crippen molar-refractivity contribution in [2.45, 2.75) is 31.6 Å². The number of anilines is 1. The third-order valence-electron chi connectivity index (χ3n) is 5.10. The molecule has 24 heavy (non-hydrogen) atoms. The van der Waals surface area contributed by atoms with E-state index in [4.69, 9.17) is 11.6 Å². The highest BCUT2D eigenvalue weighted by molar-refractivity contribution is 6.31. The number of nitrogens with zero attached hydrogens (tertiary/aromatic N) is 2. The predicted octanol–water partition coefficient (Wildman–Crippen LogP) is 3.64. The third kappa shape index (κ3) is 1.83. The van der Waals surface area contributed by atoms with Crippen LogP contribution in [0.5, 0.6) is 0 Å². The van der Waals surface area contributed by atoms with Crippen molar-refractivity contribution in [3.05, 3.63) is 61.9 Å². The van der Waals surface area contributed by atoms with E-state index in [1.54, 1.807) is 32.0 Å². The molecule has 6 nitrogen and oxygen atoms in total. The van der Waals surface area contributed by atoms with E-state index < -0.39 is 5.41 Å². The summed E-state index contributed by atoms with van der Waals surface area (Å²) in [5, 5.41) is 14.8. The van der Waals surface area contributed by atoms with Crippen molar-refractivity contribution in [2.24, 2.45) is 0 Å². The minimum atomic E-state index is -0.707. The van der Waals surface area contributed by atoms with Gasteiger partial charge in [-0.15, -0.1) is 0 Å². The zero-order chi connectivity index (χ0) is 17.2. The number of carbonyl (C=O) groups is 1. The highest BCUT2D eigenvalue weighted by atomic mass is 35.5. The van der Waals surface area contributed by atoms with Crippen molar-refractivity contribution >= 4 is 28.9 Å². The molecule has 1 saturated carbocycles. The number of benzene rings is 1. The number of aryl methyl sites for hydroxylation is 1. The maximum Gasteiger partial charge on any atom is 0.278 e. The molecule has 1 aliphatic heterocycles. The molecule has 0 saturated heterocycles. The van der Waals surface area contributed by atoms with Crippen LogP contribution in [-0.2, 0) is 10.2 Å². The Morgan fingerprint density at radius 3 is 2.88 bits per heavy atom. The van der Waals surface area contributed by atoms with E-state index in [1.807, 2.05) is 0 Å². The van der Waals surface area contributed by atoms with Crippen LogP contribution < -0.4 is 5.32 Å². The Bertz CT molecular complexity index is 928. The number of pyridine rings is 1. The van der Waals surface area contributed by atoms with Gasteiger partial charge in [0.15, 0.2) is 0 Å². The van der Waals surface area contributed by atoms with Crippen LogP contribution in [0.2, 0.25) is 5.02 Å². The van der Waals surface area contributed by atoms with Gasteiger partial charge in [0, 0.05) is 34.0 Å². The van der Waals surface area contributed by atoms with Gasteiger partial charge in [-0.25, -0.2) is 0 Å². The number of hydrogen-bond acceptors (Lipinski definition) is 4. The molecule has 1 aliphatic carbocycles. The summed E-state index contributed by atoms with van der Waals surface area (Å²) in [6.45, 7) is 3.37. The SMILES string of the molecule is Cc1cnc([C@H]2C[C@]23C(=O)Nc2ccc(Cl)cc23)c(C)c1[N+](=O)[O-]. The average molecular weight is 344 g/mol. The Hall–Kier alpha value is -2.47. The van der Waals surface area contributed by atoms with Crippen LogP contribution in [0.15, 0.2) is 24.4 Å². The standard InChI is InChI=1S/C17H14ClN3O3/c1-8-7-19-14(9(2)15(8)21(23)24)12-6-17(12)11-5-10(18)3-4-13(11)20-16(17)22/h3-5,7,12H,6H2,1-2H3,(H,20,22)/t12-,17-/m1/s1. The normalized spacial score (nSPS) is 24.0. The minimum absolute atomic E-state index is 0.0757. The van der Waals surface area contributed by atoms with Gasteiger partial charge in [-0.3, -0.25) is 19.9 Å². The second kappa shape index (κ2) is 4.77. The van der Waals surface area contributed by atoms with Gasteiger partial charge in [-0.05, 0) is 44.0 Å². The molecule has 122 valence electrons. The summed E-state index contributed by atoms with van der Waals surface area (Å²) < 4.78 is 0. The van der Waals surface area contributed by atoms with Gasteiger partial charge in [-0.2, -0.15) is 0 Å². The predicted molar refractivity (Wildman–Crippen MR) is 89.5 cm³/mol. The quantitative estimate of drug-likeness (QED) is 0.666. The van der Waals surface area contributed by atoms with Crippen LogP contribution >= 0.6 is 11.6 Å². The first-order chi connectivity index (χ1) is 11.4. The summed E-state index contributed by atoms with van der Waals surface area (Å²) in [4.78, 5) is 28.0. The van der Waals surface area contributed by atoms with Gasteiger partial charge in [0.05, 0.1) is 16.0 Å². The number of fused-ring (bicyclic) bond motifs is 2. The number of nitro groups is 1. The van der Waals surface area contributed by atoms with Crippen LogP contribution in [-0.4, -0.2) is 15.8 Å². The van der Waals surface area contributed by atoms with E-state index in [-0.39, 0.29) is 22.4 Å². The summed E-state index contributed by atoms with van der Waals surface area (Å²) in [6.07, 6.45) is 2.10. The number of rotatable bonds is 2. The van der Waals surface area contributed by atoms with Crippen LogP contribution in [0.4, 0.5) is 11.4 Å². The molecule has 0 radical (unpaired) electrons. The first kappa shape index (κ1) is 15.1. The Morgan fingerprint density at radius 1 is 1.42 bits per heavy atom. The van der Waals surface area contributed by atoms with Gasteiger partial charge in [0.2, 0.25) is 5.91 Å². The summed E-state index contributed by atoms with van der Waals surface area (Å²) in [5.41, 5.74) is 2.66. The fourth-order valence-corrected chi connectivity index (χ4v) is 4.04. The van der Waals surface area contributed by atoms with Crippen LogP contribution in [0.3, 0.4) is 0 Å². The van der Waals surface area contributed by atoms with Crippen LogP contribution in [0, 0.1) is 24.0 Å². The zero-order valence-electron chi connectivity index (χ0n) is 13.1. The fourth-order valence-electron chi connectivity index (χ4n) is 3.87. The largest absolute Gasteiger partial charge is 0.325 e. The minimum Gasteiger partial charge on any atom is -0.325 e. The molecule has 1 amide bonds. The van der Waals surface area contributed by atoms with Crippen molar-refractivity contribution in [2.75, 3.05) is 5.32 Å². The number of halogens is 1. The molecule has 2 atom stereocenters. The Balaban J connectivity index is 1.84. The molecule has 1 N–H and O–H groups in total. The molecule has 2 heterocycles. The van der Waals surface area contributed by atoms with Crippen molar-refractivity contribution in [3.63, 3.8) is 0 Å². The monoisotopic (exact) mass is 343 g/mol. The maximum atomic E-state index is 12.6. The summed E-state index contributed by atoms with van der Waals surface area (Å²) in [6, 6.07) is 5.32. The molecule has 7 heteroatoms. The summed E-state index contributed by atoms with van der Waals surface area (Å²) in [5.74, 6) is -0.259. The number of nitrogens with one attached hydrogen (secondary N) is 1. The molecule has 0 bridgehead atoms. The Labute approximate surface area is 143 Å². The first-order valence-corrected chi connectivity index (χ1v) is 7.96. The molecule has 0 unspecified atom stereocenters. The van der Waals surface area contributed by atoms with E-state index in [2.05, 4.69) is 10.3 Å². The van der Waals surface area contributed by atoms with Crippen LogP contribution in [0.1, 0.15) is 34.7 Å². The third-order valence-corrected chi connectivity index (χ3v) is 5.33. The maximum absolute atomic E-state index is 12.6. The second-order valence-electron chi connectivity index (χ2n) is 6.43. The lowest BCUT2D eigenvalue weighted by Gasteiger charge is -2.11.